The van der Waals surface area contributed by atoms with Gasteiger partial charge in [-0.1, -0.05) is 0 Å². The lowest BCUT2D eigenvalue weighted by Gasteiger charge is -2.20. The van der Waals surface area contributed by atoms with E-state index in [1.165, 1.54) is 43.7 Å². The molecule has 0 unspecified atom stereocenters. The van der Waals surface area contributed by atoms with Gasteiger partial charge in [0.25, 0.3) is 5.88 Å². The largest absolute Gasteiger partial charge is 0.467 e. The van der Waals surface area contributed by atoms with Crippen LogP contribution in [0.5, 0.6) is 5.88 Å². The molecule has 0 aliphatic carbocycles. The number of nitrogen functional groups attached to an aromatic ring is 1. The Labute approximate surface area is 187 Å². The lowest BCUT2D eigenvalue weighted by atomic mass is 10.0. The summed E-state index contributed by atoms with van der Waals surface area (Å²) >= 11 is 0. The maximum Gasteiger partial charge on any atom is 0.351 e. The number of nitrogens with two attached hydrogens (primary N) is 1. The second kappa shape index (κ2) is 7.10. The summed E-state index contributed by atoms with van der Waals surface area (Å²) in [6.07, 6.45) is 2.95. The molecule has 5 rings (SSSR count). The van der Waals surface area contributed by atoms with Gasteiger partial charge in [0, 0.05) is 23.5 Å². The summed E-state index contributed by atoms with van der Waals surface area (Å²) in [7, 11) is -4.43. The highest BCUT2D eigenvalue weighted by atomic mass is 32.2. The maximum absolute atomic E-state index is 14.2. The van der Waals surface area contributed by atoms with Gasteiger partial charge >= 0.3 is 10.2 Å². The Hall–Kier alpha value is -4.31. The van der Waals surface area contributed by atoms with Crippen LogP contribution in [0.15, 0.2) is 36.8 Å². The Morgan fingerprint density at radius 1 is 1.30 bits per heavy atom. The number of aromatic nitrogens is 6. The molecule has 1 atom stereocenters. The highest BCUT2D eigenvalue weighted by Crippen LogP contribution is 2.35. The smallest absolute Gasteiger partial charge is 0.351 e. The zero-order chi connectivity index (χ0) is 23.5. The number of aryl methyl sites for hydroxylation is 1. The fourth-order valence-electron chi connectivity index (χ4n) is 3.67. The van der Waals surface area contributed by atoms with Crippen LogP contribution < -0.4 is 10.5 Å². The second-order valence-corrected chi connectivity index (χ2v) is 8.89. The summed E-state index contributed by atoms with van der Waals surface area (Å²) in [6.45, 7) is 3.14. The number of hydrogen-bond acceptors (Lipinski definition) is 9. The minimum atomic E-state index is -4.43. The van der Waals surface area contributed by atoms with E-state index in [-0.39, 0.29) is 40.2 Å². The summed E-state index contributed by atoms with van der Waals surface area (Å²) in [5.74, 6) is -0.702. The van der Waals surface area contributed by atoms with Crippen LogP contribution in [0.25, 0.3) is 22.8 Å². The van der Waals surface area contributed by atoms with E-state index in [0.29, 0.717) is 15.2 Å². The molecule has 4 heterocycles. The number of nitrogens with zero attached hydrogens (tertiary/aromatic N) is 7. The molecule has 11 nitrogen and oxygen atoms in total. The molecule has 1 aliphatic heterocycles. The van der Waals surface area contributed by atoms with Gasteiger partial charge < -0.3 is 10.5 Å². The number of imidazole rings is 1. The van der Waals surface area contributed by atoms with E-state index in [2.05, 4.69) is 20.1 Å². The zero-order valence-corrected chi connectivity index (χ0v) is 18.1. The van der Waals surface area contributed by atoms with Gasteiger partial charge in [-0.25, -0.2) is 23.3 Å². The van der Waals surface area contributed by atoms with Gasteiger partial charge in [-0.3, -0.25) is 0 Å². The van der Waals surface area contributed by atoms with Crippen molar-refractivity contribution in [3.63, 3.8) is 0 Å². The minimum Gasteiger partial charge on any atom is -0.467 e. The molecule has 33 heavy (non-hydrogen) atoms. The van der Waals surface area contributed by atoms with Crippen molar-refractivity contribution in [2.75, 3.05) is 5.73 Å². The average Bonchev–Trinajstić information content (AvgIpc) is 3.40. The first-order chi connectivity index (χ1) is 15.7. The van der Waals surface area contributed by atoms with Crippen molar-refractivity contribution in [2.24, 2.45) is 0 Å². The van der Waals surface area contributed by atoms with Crippen LogP contribution >= 0.6 is 0 Å². The second-order valence-electron chi connectivity index (χ2n) is 7.26. The van der Waals surface area contributed by atoms with Crippen molar-refractivity contribution >= 4 is 16.0 Å². The maximum atomic E-state index is 14.2. The predicted molar refractivity (Wildman–Crippen MR) is 113 cm³/mol. The molecule has 2 N–H and O–H groups in total. The van der Waals surface area contributed by atoms with E-state index in [1.54, 1.807) is 6.92 Å². The van der Waals surface area contributed by atoms with E-state index in [1.807, 2.05) is 6.07 Å². The van der Waals surface area contributed by atoms with Crippen LogP contribution in [0.2, 0.25) is 0 Å². The molecule has 166 valence electrons. The van der Waals surface area contributed by atoms with Crippen LogP contribution in [0.4, 0.5) is 10.2 Å². The van der Waals surface area contributed by atoms with Crippen molar-refractivity contribution in [1.82, 2.24) is 28.1 Å². The molecule has 0 amide bonds. The van der Waals surface area contributed by atoms with E-state index < -0.39 is 22.1 Å². The first-order valence-electron chi connectivity index (χ1n) is 9.61. The molecule has 1 aliphatic rings. The van der Waals surface area contributed by atoms with Crippen LogP contribution in [0, 0.1) is 24.1 Å². The summed E-state index contributed by atoms with van der Waals surface area (Å²) in [4.78, 5) is 12.6. The molecule has 0 saturated heterocycles. The Bertz CT molecular complexity index is 1590. The van der Waals surface area contributed by atoms with Gasteiger partial charge in [0.05, 0.1) is 11.9 Å². The number of halogens is 1. The molecule has 2 bridgehead atoms. The first kappa shape index (κ1) is 20.6. The van der Waals surface area contributed by atoms with E-state index in [4.69, 9.17) is 10.5 Å². The Kier molecular flexibility index (Phi) is 4.43. The highest BCUT2D eigenvalue weighted by Gasteiger charge is 2.32. The van der Waals surface area contributed by atoms with Crippen LogP contribution in [0.3, 0.4) is 0 Å². The SMILES string of the molecule is Cc1nn2c(c1C#N)-c1cnc(N)c(n1)O[C@H](C)c1cc(F)ccc1-c1nccn1S2(=O)=O. The van der Waals surface area contributed by atoms with Crippen molar-refractivity contribution in [3.05, 3.63) is 59.4 Å². The average molecular weight is 466 g/mol. The molecule has 3 aromatic heterocycles. The molecule has 0 fully saturated rings. The quantitative estimate of drug-likeness (QED) is 0.410. The summed E-state index contributed by atoms with van der Waals surface area (Å²) in [5, 5.41) is 13.8. The zero-order valence-electron chi connectivity index (χ0n) is 17.3. The number of nitriles is 1. The minimum absolute atomic E-state index is 0.00200. The monoisotopic (exact) mass is 466 g/mol. The molecule has 0 saturated carbocycles. The van der Waals surface area contributed by atoms with Gasteiger partial charge in [-0.05, 0) is 32.0 Å². The van der Waals surface area contributed by atoms with Crippen LogP contribution in [0.1, 0.15) is 29.8 Å². The normalized spacial score (nSPS) is 16.2. The lowest BCUT2D eigenvalue weighted by molar-refractivity contribution is 0.218. The molecule has 13 heteroatoms. The summed E-state index contributed by atoms with van der Waals surface area (Å²) in [6, 6.07) is 5.79. The van der Waals surface area contributed by atoms with Crippen molar-refractivity contribution < 1.29 is 17.5 Å². The van der Waals surface area contributed by atoms with Crippen molar-refractivity contribution in [2.45, 2.75) is 20.0 Å². The Balaban J connectivity index is 1.94. The first-order valence-corrected chi connectivity index (χ1v) is 11.0. The van der Waals surface area contributed by atoms with Gasteiger partial charge in [-0.2, -0.15) is 18.8 Å². The summed E-state index contributed by atoms with van der Waals surface area (Å²) < 4.78 is 49.1. The fraction of sp³-hybridized carbons (Fsp3) is 0.150. The predicted octanol–water partition coefficient (Wildman–Crippen LogP) is 2.20. The van der Waals surface area contributed by atoms with Crippen molar-refractivity contribution in [1.29, 1.82) is 5.26 Å². The van der Waals surface area contributed by atoms with Gasteiger partial charge in [0.2, 0.25) is 0 Å². The summed E-state index contributed by atoms with van der Waals surface area (Å²) in [5.41, 5.74) is 6.65. The third-order valence-corrected chi connectivity index (χ3v) is 6.70. The molecule has 4 aromatic rings. The van der Waals surface area contributed by atoms with Gasteiger partial charge in [-0.15, -0.1) is 4.09 Å². The number of anilines is 1. The number of fused-ring (bicyclic) bond motifs is 7. The van der Waals surface area contributed by atoms with E-state index >= 15 is 0 Å². The molecule has 0 spiro atoms. The van der Waals surface area contributed by atoms with Crippen LogP contribution in [-0.4, -0.2) is 36.5 Å². The number of rotatable bonds is 0. The Morgan fingerprint density at radius 2 is 2.09 bits per heavy atom. The highest BCUT2D eigenvalue weighted by molar-refractivity contribution is 7.88. The van der Waals surface area contributed by atoms with E-state index in [0.717, 1.165) is 3.97 Å². The molecular weight excluding hydrogens is 451 g/mol. The van der Waals surface area contributed by atoms with Gasteiger partial charge in [0.1, 0.15) is 34.9 Å². The van der Waals surface area contributed by atoms with Gasteiger partial charge in [0.15, 0.2) is 11.6 Å². The van der Waals surface area contributed by atoms with E-state index in [9.17, 15) is 18.1 Å². The number of hydrogen-bond donors (Lipinski definition) is 1. The molecule has 1 aromatic carbocycles. The van der Waals surface area contributed by atoms with Crippen LogP contribution in [-0.2, 0) is 10.2 Å². The number of ether oxygens (including phenoxy) is 1. The third kappa shape index (κ3) is 3.03. The fourth-order valence-corrected chi connectivity index (χ4v) is 5.05. The third-order valence-electron chi connectivity index (χ3n) is 5.21. The number of benzene rings is 1. The lowest BCUT2D eigenvalue weighted by Crippen LogP contribution is -2.25. The molecule has 0 radical (unpaired) electrons. The Morgan fingerprint density at radius 3 is 2.85 bits per heavy atom. The standard InChI is InChI=1S/C20H15FN8O3S/c1-10-15(8-22)17-16-9-25-18(23)20(26-16)32-11(2)14-7-12(21)3-4-13(14)19-24-5-6-28(19)33(30,31)29(17)27-10/h3-7,9,11H,1-2H3,(H2,23,25)/t11-/m1/s1. The topological polar surface area (TPSA) is 155 Å². The van der Waals surface area contributed by atoms with Crippen molar-refractivity contribution in [3.8, 4) is 34.7 Å². The molecular formula is C20H15FN8O3S.